The Kier molecular flexibility index (Phi) is 2.30. The average Bonchev–Trinajstić information content (AvgIpc) is 2.84. The number of hydrogen-bond donors (Lipinski definition) is 2. The fourth-order valence-corrected chi connectivity index (χ4v) is 2.74. The highest BCUT2D eigenvalue weighted by atomic mass is 14.7. The number of anilines is 1. The third-order valence-corrected chi connectivity index (χ3v) is 3.73. The summed E-state index contributed by atoms with van der Waals surface area (Å²) in [6.07, 6.45) is 0. The molecule has 0 amide bonds. The van der Waals surface area contributed by atoms with E-state index in [1.807, 2.05) is 18.2 Å². The van der Waals surface area contributed by atoms with Crippen LogP contribution in [0.4, 0.5) is 5.69 Å². The van der Waals surface area contributed by atoms with E-state index in [9.17, 15) is 0 Å². The molecule has 1 heterocycles. The third-order valence-electron chi connectivity index (χ3n) is 3.73. The lowest BCUT2D eigenvalue weighted by Gasteiger charge is -2.01. The Morgan fingerprint density at radius 2 is 1.35 bits per heavy atom. The minimum Gasteiger partial charge on any atom is -0.399 e. The second kappa shape index (κ2) is 4.14. The van der Waals surface area contributed by atoms with E-state index >= 15 is 0 Å². The number of hydrogen-bond acceptors (Lipinski definition) is 1. The van der Waals surface area contributed by atoms with Crippen molar-refractivity contribution in [2.75, 3.05) is 5.73 Å². The lowest BCUT2D eigenvalue weighted by Crippen LogP contribution is -1.81. The van der Waals surface area contributed by atoms with Gasteiger partial charge in [0.2, 0.25) is 0 Å². The van der Waals surface area contributed by atoms with Crippen LogP contribution in [0, 0.1) is 0 Å². The Bertz CT molecular complexity index is 905. The van der Waals surface area contributed by atoms with Gasteiger partial charge in [-0.3, -0.25) is 0 Å². The number of nitrogens with one attached hydrogen (secondary N) is 1. The Morgan fingerprint density at radius 3 is 2.15 bits per heavy atom. The molecule has 2 nitrogen and oxygen atoms in total. The van der Waals surface area contributed by atoms with Crippen LogP contribution in [0.2, 0.25) is 0 Å². The molecule has 3 aromatic carbocycles. The number of nitrogen functional groups attached to an aromatic ring is 1. The Balaban J connectivity index is 1.98. The highest BCUT2D eigenvalue weighted by Gasteiger charge is 2.06. The van der Waals surface area contributed by atoms with Crippen molar-refractivity contribution < 1.29 is 0 Å². The van der Waals surface area contributed by atoms with Gasteiger partial charge in [-0.1, -0.05) is 48.5 Å². The lowest BCUT2D eigenvalue weighted by atomic mass is 10.0. The van der Waals surface area contributed by atoms with Crippen molar-refractivity contribution in [3.05, 3.63) is 66.7 Å². The minimum atomic E-state index is 0.785. The first-order chi connectivity index (χ1) is 9.81. The molecule has 0 radical (unpaired) electrons. The summed E-state index contributed by atoms with van der Waals surface area (Å²) in [5, 5.41) is 2.45. The Labute approximate surface area is 116 Å². The summed E-state index contributed by atoms with van der Waals surface area (Å²) in [5.74, 6) is 0. The zero-order valence-corrected chi connectivity index (χ0v) is 10.9. The Morgan fingerprint density at radius 1 is 0.650 bits per heavy atom. The van der Waals surface area contributed by atoms with Crippen molar-refractivity contribution in [1.29, 1.82) is 0 Å². The number of fused-ring (bicyclic) bond motifs is 3. The lowest BCUT2D eigenvalue weighted by molar-refractivity contribution is 1.54. The molecule has 96 valence electrons. The molecule has 0 atom stereocenters. The predicted molar refractivity (Wildman–Crippen MR) is 85.7 cm³/mol. The number of rotatable bonds is 1. The maximum Gasteiger partial charge on any atom is 0.0485 e. The van der Waals surface area contributed by atoms with Gasteiger partial charge in [-0.2, -0.15) is 0 Å². The van der Waals surface area contributed by atoms with Crippen molar-refractivity contribution in [1.82, 2.24) is 4.98 Å². The molecule has 2 heteroatoms. The van der Waals surface area contributed by atoms with E-state index in [0.29, 0.717) is 0 Å². The number of aromatic nitrogens is 1. The molecule has 0 bridgehead atoms. The van der Waals surface area contributed by atoms with E-state index in [4.69, 9.17) is 5.73 Å². The van der Waals surface area contributed by atoms with Gasteiger partial charge in [-0.25, -0.2) is 0 Å². The number of H-pyrrole nitrogens is 1. The van der Waals surface area contributed by atoms with Gasteiger partial charge < -0.3 is 10.7 Å². The summed E-state index contributed by atoms with van der Waals surface area (Å²) >= 11 is 0. The number of aromatic amines is 1. The summed E-state index contributed by atoms with van der Waals surface area (Å²) in [4.78, 5) is 3.45. The molecule has 0 saturated heterocycles. The zero-order valence-electron chi connectivity index (χ0n) is 10.9. The van der Waals surface area contributed by atoms with Crippen LogP contribution in [0.5, 0.6) is 0 Å². The molecule has 3 N–H and O–H groups in total. The van der Waals surface area contributed by atoms with Crippen molar-refractivity contribution in [2.24, 2.45) is 0 Å². The van der Waals surface area contributed by atoms with Crippen LogP contribution in [-0.2, 0) is 0 Å². The van der Waals surface area contributed by atoms with E-state index in [-0.39, 0.29) is 0 Å². The normalized spacial score (nSPS) is 11.2. The monoisotopic (exact) mass is 258 g/mol. The first kappa shape index (κ1) is 11.1. The molecule has 4 aromatic rings. The topological polar surface area (TPSA) is 41.8 Å². The van der Waals surface area contributed by atoms with Crippen LogP contribution < -0.4 is 5.73 Å². The van der Waals surface area contributed by atoms with Crippen LogP contribution in [0.15, 0.2) is 66.7 Å². The smallest absolute Gasteiger partial charge is 0.0485 e. The largest absolute Gasteiger partial charge is 0.399 e. The first-order valence-corrected chi connectivity index (χ1v) is 6.68. The first-order valence-electron chi connectivity index (χ1n) is 6.68. The average molecular weight is 258 g/mol. The summed E-state index contributed by atoms with van der Waals surface area (Å²) in [6, 6.07) is 23.0. The van der Waals surface area contributed by atoms with E-state index < -0.39 is 0 Å². The molecule has 0 unspecified atom stereocenters. The van der Waals surface area contributed by atoms with Gasteiger partial charge in [-0.15, -0.1) is 0 Å². The highest BCUT2D eigenvalue weighted by molar-refractivity contribution is 6.08. The molecular formula is C18H14N2. The van der Waals surface area contributed by atoms with Gasteiger partial charge in [-0.05, 0) is 29.3 Å². The highest BCUT2D eigenvalue weighted by Crippen LogP contribution is 2.30. The molecule has 0 fully saturated rings. The van der Waals surface area contributed by atoms with Gasteiger partial charge in [0, 0.05) is 27.5 Å². The maximum absolute atomic E-state index is 5.85. The molecule has 0 aliphatic carbocycles. The van der Waals surface area contributed by atoms with Gasteiger partial charge in [0.15, 0.2) is 0 Å². The van der Waals surface area contributed by atoms with Gasteiger partial charge in [0.1, 0.15) is 0 Å². The molecule has 0 saturated carbocycles. The summed E-state index contributed by atoms with van der Waals surface area (Å²) in [5.41, 5.74) is 11.3. The van der Waals surface area contributed by atoms with Crippen molar-refractivity contribution in [3.63, 3.8) is 0 Å². The number of benzene rings is 3. The fraction of sp³-hybridized carbons (Fsp3) is 0. The van der Waals surface area contributed by atoms with Crippen molar-refractivity contribution >= 4 is 27.5 Å². The molecule has 20 heavy (non-hydrogen) atoms. The summed E-state index contributed by atoms with van der Waals surface area (Å²) < 4.78 is 0. The molecular weight excluding hydrogens is 244 g/mol. The summed E-state index contributed by atoms with van der Waals surface area (Å²) in [7, 11) is 0. The quantitative estimate of drug-likeness (QED) is 0.482. The van der Waals surface area contributed by atoms with E-state index in [0.717, 1.165) is 16.7 Å². The maximum atomic E-state index is 5.85. The Hall–Kier alpha value is -2.74. The van der Waals surface area contributed by atoms with Crippen molar-refractivity contribution in [2.45, 2.75) is 0 Å². The summed E-state index contributed by atoms with van der Waals surface area (Å²) in [6.45, 7) is 0. The van der Waals surface area contributed by atoms with Gasteiger partial charge >= 0.3 is 0 Å². The molecule has 0 aliphatic rings. The van der Waals surface area contributed by atoms with E-state index in [2.05, 4.69) is 53.5 Å². The second-order valence-electron chi connectivity index (χ2n) is 5.06. The minimum absolute atomic E-state index is 0.785. The predicted octanol–water partition coefficient (Wildman–Crippen LogP) is 4.57. The van der Waals surface area contributed by atoms with E-state index in [1.165, 1.54) is 21.9 Å². The van der Waals surface area contributed by atoms with Crippen LogP contribution in [0.3, 0.4) is 0 Å². The van der Waals surface area contributed by atoms with Crippen LogP contribution in [-0.4, -0.2) is 4.98 Å². The van der Waals surface area contributed by atoms with Gasteiger partial charge in [0.25, 0.3) is 0 Å². The van der Waals surface area contributed by atoms with Gasteiger partial charge in [0.05, 0.1) is 0 Å². The van der Waals surface area contributed by atoms with Crippen LogP contribution >= 0.6 is 0 Å². The standard InChI is InChI=1S/C18H14N2/c19-14-7-9-16-15-8-6-13(12-4-2-1-3-5-12)10-17(15)20-18(16)11-14/h1-11,20H,19H2. The SMILES string of the molecule is Nc1ccc2c(c1)[nH]c1cc(-c3ccccc3)ccc12. The van der Waals surface area contributed by atoms with Crippen molar-refractivity contribution in [3.8, 4) is 11.1 Å². The molecule has 0 aliphatic heterocycles. The molecule has 1 aromatic heterocycles. The molecule has 4 rings (SSSR count). The van der Waals surface area contributed by atoms with Crippen LogP contribution in [0.1, 0.15) is 0 Å². The zero-order chi connectivity index (χ0) is 13.5. The van der Waals surface area contributed by atoms with Crippen LogP contribution in [0.25, 0.3) is 32.9 Å². The third kappa shape index (κ3) is 1.66. The number of nitrogens with two attached hydrogens (primary N) is 1. The fourth-order valence-electron chi connectivity index (χ4n) is 2.74. The second-order valence-corrected chi connectivity index (χ2v) is 5.06. The molecule has 0 spiro atoms. The van der Waals surface area contributed by atoms with E-state index in [1.54, 1.807) is 0 Å².